The van der Waals surface area contributed by atoms with Gasteiger partial charge in [0.2, 0.25) is 0 Å². The summed E-state index contributed by atoms with van der Waals surface area (Å²) >= 11 is 0. The van der Waals surface area contributed by atoms with Gasteiger partial charge in [0, 0.05) is 26.2 Å². The Morgan fingerprint density at radius 1 is 1.18 bits per heavy atom. The van der Waals surface area contributed by atoms with Gasteiger partial charge in [-0.1, -0.05) is 37.1 Å². The van der Waals surface area contributed by atoms with Gasteiger partial charge in [-0.25, -0.2) is 0 Å². The number of allylic oxidation sites excluding steroid dienone is 3. The molecule has 1 aliphatic heterocycles. The van der Waals surface area contributed by atoms with Crippen molar-refractivity contribution in [1.82, 2.24) is 10.2 Å². The van der Waals surface area contributed by atoms with Crippen LogP contribution in [0.2, 0.25) is 0 Å². The summed E-state index contributed by atoms with van der Waals surface area (Å²) in [6.45, 7) is 6.52. The number of piperazine rings is 1. The summed E-state index contributed by atoms with van der Waals surface area (Å²) in [5, 5.41) is 22.6. The van der Waals surface area contributed by atoms with Crippen molar-refractivity contribution in [2.75, 3.05) is 26.2 Å². The lowest BCUT2D eigenvalue weighted by Crippen LogP contribution is -2.57. The molecule has 0 aromatic heterocycles. The van der Waals surface area contributed by atoms with Crippen molar-refractivity contribution in [3.63, 3.8) is 0 Å². The molecule has 0 spiro atoms. The quantitative estimate of drug-likeness (QED) is 0.569. The van der Waals surface area contributed by atoms with Gasteiger partial charge < -0.3 is 15.5 Å². The number of hydrogen-bond donors (Lipinski definition) is 3. The third-order valence-corrected chi connectivity index (χ3v) is 9.00. The lowest BCUT2D eigenvalue weighted by molar-refractivity contribution is -0.165. The number of fused-ring (bicyclic) bond motifs is 1. The summed E-state index contributed by atoms with van der Waals surface area (Å²) in [5.74, 6) is 1.42. The van der Waals surface area contributed by atoms with Crippen LogP contribution < -0.4 is 5.32 Å². The van der Waals surface area contributed by atoms with Gasteiger partial charge >= 0.3 is 6.18 Å². The van der Waals surface area contributed by atoms with Crippen molar-refractivity contribution >= 4 is 0 Å². The lowest BCUT2D eigenvalue weighted by atomic mass is 9.61. The summed E-state index contributed by atoms with van der Waals surface area (Å²) in [6.07, 6.45) is 6.80. The molecule has 4 rings (SSSR count). The first-order valence-electron chi connectivity index (χ1n) is 12.8. The average Bonchev–Trinajstić information content (AvgIpc) is 3.09. The predicted octanol–water partition coefficient (Wildman–Crippen LogP) is 4.43. The highest BCUT2D eigenvalue weighted by Crippen LogP contribution is 2.59. The van der Waals surface area contributed by atoms with Crippen LogP contribution >= 0.6 is 0 Å². The molecule has 1 heterocycles. The molecule has 1 saturated heterocycles. The van der Waals surface area contributed by atoms with E-state index in [9.17, 15) is 23.4 Å². The average molecular weight is 471 g/mol. The Morgan fingerprint density at radius 3 is 2.61 bits per heavy atom. The van der Waals surface area contributed by atoms with Crippen LogP contribution in [0.1, 0.15) is 65.2 Å². The molecule has 4 aliphatic rings. The standard InChI is InChI=1S/C26H41F3N2O2/c1-17(15-31-11-10-30-24(16-31)26(27,28)29)22-7-8-23-19(4-3-9-25(22,23)2)6-5-18-12-20(32)14-21(33)13-18/h5-6,17,20-24,30,32-33H,3-4,7-16H2,1-2H3/t17-,20-,21+,22-,23+,24?,25-/m1/s1. The number of nitrogens with zero attached hydrogens (tertiary/aromatic N) is 1. The fourth-order valence-corrected chi connectivity index (χ4v) is 7.48. The second-order valence-electron chi connectivity index (χ2n) is 11.4. The molecule has 0 bridgehead atoms. The Labute approximate surface area is 196 Å². The molecule has 3 N–H and O–H groups in total. The maximum atomic E-state index is 13.2. The Hall–Kier alpha value is -0.890. The van der Waals surface area contributed by atoms with Crippen molar-refractivity contribution in [3.05, 3.63) is 23.3 Å². The third kappa shape index (κ3) is 5.68. The molecule has 33 heavy (non-hydrogen) atoms. The number of halogens is 3. The number of alkyl halides is 3. The van der Waals surface area contributed by atoms with Crippen LogP contribution in [0.4, 0.5) is 13.2 Å². The van der Waals surface area contributed by atoms with Gasteiger partial charge in [0.1, 0.15) is 6.04 Å². The van der Waals surface area contributed by atoms with Crippen LogP contribution in [0, 0.1) is 23.2 Å². The van der Waals surface area contributed by atoms with Gasteiger partial charge in [0.05, 0.1) is 12.2 Å². The highest BCUT2D eigenvalue weighted by molar-refractivity contribution is 5.26. The van der Waals surface area contributed by atoms with Gasteiger partial charge in [-0.2, -0.15) is 13.2 Å². The molecule has 3 saturated carbocycles. The normalized spacial score (nSPS) is 42.0. The summed E-state index contributed by atoms with van der Waals surface area (Å²) in [7, 11) is 0. The first-order valence-corrected chi connectivity index (χ1v) is 12.8. The van der Waals surface area contributed by atoms with Gasteiger partial charge in [0.25, 0.3) is 0 Å². The van der Waals surface area contributed by atoms with Crippen LogP contribution in [0.3, 0.4) is 0 Å². The maximum absolute atomic E-state index is 13.2. The predicted molar refractivity (Wildman–Crippen MR) is 124 cm³/mol. The number of aliphatic hydroxyl groups is 2. The largest absolute Gasteiger partial charge is 0.405 e. The van der Waals surface area contributed by atoms with E-state index >= 15 is 0 Å². The summed E-state index contributed by atoms with van der Waals surface area (Å²) < 4.78 is 39.6. The zero-order chi connectivity index (χ0) is 23.8. The first-order chi connectivity index (χ1) is 15.6. The Balaban J connectivity index is 1.42. The third-order valence-electron chi connectivity index (χ3n) is 9.00. The number of hydrogen-bond acceptors (Lipinski definition) is 4. The van der Waals surface area contributed by atoms with Gasteiger partial charge in [-0.15, -0.1) is 0 Å². The SMILES string of the molecule is C[C@H](CN1CCNC(C(F)(F)F)C1)[C@H]1CC[C@H]2C(=CC=C3C[C@@H](O)C[C@@H](O)C3)CCC[C@]12C. The molecule has 1 unspecified atom stereocenters. The van der Waals surface area contributed by atoms with E-state index < -0.39 is 24.4 Å². The highest BCUT2D eigenvalue weighted by atomic mass is 19.4. The van der Waals surface area contributed by atoms with Crippen LogP contribution in [-0.4, -0.2) is 65.7 Å². The van der Waals surface area contributed by atoms with Gasteiger partial charge in [0.15, 0.2) is 0 Å². The molecule has 188 valence electrons. The molecule has 0 amide bonds. The minimum absolute atomic E-state index is 0.0527. The highest BCUT2D eigenvalue weighted by Gasteiger charge is 2.51. The second-order valence-corrected chi connectivity index (χ2v) is 11.4. The molecule has 0 aromatic carbocycles. The summed E-state index contributed by atoms with van der Waals surface area (Å²) in [6, 6.07) is -1.42. The van der Waals surface area contributed by atoms with Crippen molar-refractivity contribution in [2.24, 2.45) is 23.2 Å². The van der Waals surface area contributed by atoms with Gasteiger partial charge in [-0.3, -0.25) is 4.90 Å². The number of aliphatic hydroxyl groups excluding tert-OH is 2. The lowest BCUT2D eigenvalue weighted by Gasteiger charge is -2.45. The number of rotatable bonds is 4. The smallest absolute Gasteiger partial charge is 0.393 e. The summed E-state index contributed by atoms with van der Waals surface area (Å²) in [4.78, 5) is 2.01. The number of nitrogens with one attached hydrogen (secondary N) is 1. The minimum Gasteiger partial charge on any atom is -0.393 e. The van der Waals surface area contributed by atoms with Crippen molar-refractivity contribution in [2.45, 2.75) is 89.6 Å². The van der Waals surface area contributed by atoms with E-state index in [0.717, 1.165) is 37.8 Å². The van der Waals surface area contributed by atoms with E-state index in [2.05, 4.69) is 31.3 Å². The van der Waals surface area contributed by atoms with Crippen LogP contribution in [-0.2, 0) is 0 Å². The van der Waals surface area contributed by atoms with E-state index in [1.54, 1.807) is 0 Å². The Kier molecular flexibility index (Phi) is 7.64. The molecule has 7 atom stereocenters. The zero-order valence-electron chi connectivity index (χ0n) is 20.1. The fourth-order valence-electron chi connectivity index (χ4n) is 7.48. The van der Waals surface area contributed by atoms with Crippen molar-refractivity contribution in [3.8, 4) is 0 Å². The Bertz CT molecular complexity index is 740. The molecular formula is C26H41F3N2O2. The molecule has 4 nitrogen and oxygen atoms in total. The topological polar surface area (TPSA) is 55.7 Å². The first kappa shape index (κ1) is 25.2. The van der Waals surface area contributed by atoms with E-state index in [4.69, 9.17) is 0 Å². The molecule has 3 aliphatic carbocycles. The monoisotopic (exact) mass is 470 g/mol. The fraction of sp³-hybridized carbons (Fsp3) is 0.846. The van der Waals surface area contributed by atoms with Gasteiger partial charge in [-0.05, 0) is 74.5 Å². The molecule has 7 heteroatoms. The van der Waals surface area contributed by atoms with E-state index in [1.165, 1.54) is 12.0 Å². The molecule has 4 fully saturated rings. The Morgan fingerprint density at radius 2 is 1.91 bits per heavy atom. The van der Waals surface area contributed by atoms with E-state index in [1.807, 2.05) is 4.90 Å². The van der Waals surface area contributed by atoms with E-state index in [-0.39, 0.29) is 12.0 Å². The van der Waals surface area contributed by atoms with Crippen LogP contribution in [0.25, 0.3) is 0 Å². The minimum atomic E-state index is -4.19. The second kappa shape index (κ2) is 10.00. The molecule has 0 radical (unpaired) electrons. The van der Waals surface area contributed by atoms with Crippen molar-refractivity contribution < 1.29 is 23.4 Å². The van der Waals surface area contributed by atoms with Crippen molar-refractivity contribution in [1.29, 1.82) is 0 Å². The maximum Gasteiger partial charge on any atom is 0.405 e. The molecule has 0 aromatic rings. The van der Waals surface area contributed by atoms with Crippen LogP contribution in [0.5, 0.6) is 0 Å². The summed E-state index contributed by atoms with van der Waals surface area (Å²) in [5.41, 5.74) is 2.81. The van der Waals surface area contributed by atoms with Crippen LogP contribution in [0.15, 0.2) is 23.3 Å². The zero-order valence-corrected chi connectivity index (χ0v) is 20.1. The molecular weight excluding hydrogens is 429 g/mol. The van der Waals surface area contributed by atoms with E-state index in [0.29, 0.717) is 50.1 Å².